The van der Waals surface area contributed by atoms with Crippen LogP contribution in [0.3, 0.4) is 0 Å². The van der Waals surface area contributed by atoms with Gasteiger partial charge in [-0.25, -0.2) is 0 Å². The average molecular weight is 202 g/mol. The van der Waals surface area contributed by atoms with Gasteiger partial charge in [-0.15, -0.1) is 0 Å². The van der Waals surface area contributed by atoms with Crippen molar-refractivity contribution >= 4 is 16.7 Å². The zero-order chi connectivity index (χ0) is 10.4. The molecule has 0 aliphatic carbocycles. The molecule has 2 heterocycles. The molecule has 0 radical (unpaired) electrons. The number of nitrogens with two attached hydrogens (primary N) is 1. The number of para-hydroxylation sites is 1. The van der Waals surface area contributed by atoms with E-state index in [-0.39, 0.29) is 11.3 Å². The lowest BCUT2D eigenvalue weighted by Gasteiger charge is -2.02. The summed E-state index contributed by atoms with van der Waals surface area (Å²) in [5, 5.41) is 11.4. The highest BCUT2D eigenvalue weighted by Gasteiger charge is 2.10. The SMILES string of the molecule is Nn1c(=O)c2ccccc2n2nnnc12. The third kappa shape index (κ3) is 0.885. The van der Waals surface area contributed by atoms with E-state index in [4.69, 9.17) is 5.84 Å². The van der Waals surface area contributed by atoms with Crippen LogP contribution in [-0.4, -0.2) is 24.7 Å². The van der Waals surface area contributed by atoms with Gasteiger partial charge in [0.05, 0.1) is 10.9 Å². The van der Waals surface area contributed by atoms with E-state index in [1.165, 1.54) is 4.52 Å². The fourth-order valence-electron chi connectivity index (χ4n) is 1.55. The van der Waals surface area contributed by atoms with Crippen molar-refractivity contribution < 1.29 is 0 Å². The van der Waals surface area contributed by atoms with E-state index in [1.807, 2.05) is 6.07 Å². The van der Waals surface area contributed by atoms with Gasteiger partial charge in [-0.3, -0.25) is 4.79 Å². The molecule has 0 aliphatic heterocycles. The van der Waals surface area contributed by atoms with Gasteiger partial charge in [-0.2, -0.15) is 9.19 Å². The maximum atomic E-state index is 11.8. The van der Waals surface area contributed by atoms with Gasteiger partial charge in [0, 0.05) is 0 Å². The first-order chi connectivity index (χ1) is 7.29. The van der Waals surface area contributed by atoms with Crippen molar-refractivity contribution in [3.05, 3.63) is 34.6 Å². The van der Waals surface area contributed by atoms with Crippen molar-refractivity contribution in [3.8, 4) is 0 Å². The van der Waals surface area contributed by atoms with Crippen molar-refractivity contribution in [1.29, 1.82) is 0 Å². The Balaban J connectivity index is 2.77. The van der Waals surface area contributed by atoms with Crippen LogP contribution in [-0.2, 0) is 0 Å². The van der Waals surface area contributed by atoms with Gasteiger partial charge in [0.15, 0.2) is 0 Å². The molecular weight excluding hydrogens is 196 g/mol. The molecule has 3 rings (SSSR count). The van der Waals surface area contributed by atoms with Crippen LogP contribution in [0.15, 0.2) is 29.1 Å². The molecule has 1 aromatic carbocycles. The summed E-state index contributed by atoms with van der Waals surface area (Å²) in [6, 6.07) is 7.02. The molecule has 0 bridgehead atoms. The quantitative estimate of drug-likeness (QED) is 0.479. The molecule has 0 fully saturated rings. The summed E-state index contributed by atoms with van der Waals surface area (Å²) in [6.45, 7) is 0. The van der Waals surface area contributed by atoms with E-state index in [0.29, 0.717) is 10.9 Å². The van der Waals surface area contributed by atoms with E-state index >= 15 is 0 Å². The molecule has 2 aromatic heterocycles. The van der Waals surface area contributed by atoms with E-state index in [2.05, 4.69) is 15.5 Å². The molecule has 7 nitrogen and oxygen atoms in total. The van der Waals surface area contributed by atoms with Gasteiger partial charge < -0.3 is 5.84 Å². The zero-order valence-corrected chi connectivity index (χ0v) is 7.53. The highest BCUT2D eigenvalue weighted by atomic mass is 16.1. The number of rotatable bonds is 0. The van der Waals surface area contributed by atoms with Crippen molar-refractivity contribution in [3.63, 3.8) is 0 Å². The maximum Gasteiger partial charge on any atom is 0.281 e. The lowest BCUT2D eigenvalue weighted by Crippen LogP contribution is -2.29. The normalized spacial score (nSPS) is 11.2. The van der Waals surface area contributed by atoms with Gasteiger partial charge in [-0.1, -0.05) is 17.2 Å². The van der Waals surface area contributed by atoms with Crippen LogP contribution in [0.4, 0.5) is 0 Å². The fourth-order valence-corrected chi connectivity index (χ4v) is 1.55. The van der Waals surface area contributed by atoms with Crippen LogP contribution in [0.25, 0.3) is 16.7 Å². The standard InChI is InChI=1S/C8H6N6O/c9-13-7(15)5-3-1-2-4-6(5)14-8(13)10-11-12-14/h1-4H,9H2. The Kier molecular flexibility index (Phi) is 1.34. The second-order valence-electron chi connectivity index (χ2n) is 3.08. The Bertz CT molecular complexity index is 712. The first kappa shape index (κ1) is 7.92. The molecule has 0 saturated heterocycles. The van der Waals surface area contributed by atoms with Crippen molar-refractivity contribution in [2.24, 2.45) is 0 Å². The van der Waals surface area contributed by atoms with Gasteiger partial charge >= 0.3 is 0 Å². The predicted octanol–water partition coefficient (Wildman–Crippen LogP) is -0.847. The second kappa shape index (κ2) is 2.53. The van der Waals surface area contributed by atoms with Gasteiger partial charge in [0.25, 0.3) is 11.3 Å². The van der Waals surface area contributed by atoms with Crippen LogP contribution < -0.4 is 11.4 Å². The highest BCUT2D eigenvalue weighted by Crippen LogP contribution is 2.08. The van der Waals surface area contributed by atoms with E-state index in [0.717, 1.165) is 4.68 Å². The number of nitrogen functional groups attached to an aromatic ring is 1. The first-order valence-corrected chi connectivity index (χ1v) is 4.26. The summed E-state index contributed by atoms with van der Waals surface area (Å²) in [5.41, 5.74) is 0.331. The molecule has 74 valence electrons. The minimum Gasteiger partial charge on any atom is -0.333 e. The van der Waals surface area contributed by atoms with E-state index < -0.39 is 0 Å². The van der Waals surface area contributed by atoms with Crippen LogP contribution in [0.5, 0.6) is 0 Å². The Morgan fingerprint density at radius 1 is 1.27 bits per heavy atom. The van der Waals surface area contributed by atoms with Crippen molar-refractivity contribution in [2.75, 3.05) is 5.84 Å². The summed E-state index contributed by atoms with van der Waals surface area (Å²) in [5.74, 6) is 5.79. The van der Waals surface area contributed by atoms with Crippen LogP contribution >= 0.6 is 0 Å². The lowest BCUT2D eigenvalue weighted by atomic mass is 10.2. The molecule has 2 N–H and O–H groups in total. The summed E-state index contributed by atoms with van der Waals surface area (Å²) in [7, 11) is 0. The molecule has 0 spiro atoms. The highest BCUT2D eigenvalue weighted by molar-refractivity contribution is 5.79. The molecule has 0 saturated carbocycles. The largest absolute Gasteiger partial charge is 0.333 e. The van der Waals surface area contributed by atoms with E-state index in [9.17, 15) is 4.79 Å². The summed E-state index contributed by atoms with van der Waals surface area (Å²) in [6.07, 6.45) is 0. The zero-order valence-electron chi connectivity index (χ0n) is 7.53. The topological polar surface area (TPSA) is 91.1 Å². The smallest absolute Gasteiger partial charge is 0.281 e. The number of tetrazole rings is 1. The number of nitrogens with zero attached hydrogens (tertiary/aromatic N) is 5. The Morgan fingerprint density at radius 3 is 2.93 bits per heavy atom. The lowest BCUT2D eigenvalue weighted by molar-refractivity contribution is 0.833. The molecule has 7 heteroatoms. The average Bonchev–Trinajstić information content (AvgIpc) is 2.75. The summed E-state index contributed by atoms with van der Waals surface area (Å²) < 4.78 is 2.36. The van der Waals surface area contributed by atoms with Gasteiger partial charge in [0.1, 0.15) is 0 Å². The first-order valence-electron chi connectivity index (χ1n) is 4.26. The van der Waals surface area contributed by atoms with Gasteiger partial charge in [-0.05, 0) is 22.6 Å². The maximum absolute atomic E-state index is 11.8. The number of aromatic nitrogens is 5. The predicted molar refractivity (Wildman–Crippen MR) is 52.7 cm³/mol. The van der Waals surface area contributed by atoms with Crippen LogP contribution in [0.2, 0.25) is 0 Å². The fraction of sp³-hybridized carbons (Fsp3) is 0. The number of fused-ring (bicyclic) bond motifs is 3. The van der Waals surface area contributed by atoms with Crippen molar-refractivity contribution in [1.82, 2.24) is 24.7 Å². The minimum atomic E-state index is -0.312. The summed E-state index contributed by atoms with van der Waals surface area (Å²) >= 11 is 0. The molecule has 3 aromatic rings. The number of hydrogen-bond donors (Lipinski definition) is 1. The molecular formula is C8H6N6O. The van der Waals surface area contributed by atoms with Crippen LogP contribution in [0.1, 0.15) is 0 Å². The monoisotopic (exact) mass is 202 g/mol. The number of hydrogen-bond acceptors (Lipinski definition) is 5. The van der Waals surface area contributed by atoms with E-state index in [1.54, 1.807) is 18.2 Å². The Labute approximate surface area is 82.7 Å². The second-order valence-corrected chi connectivity index (χ2v) is 3.08. The Morgan fingerprint density at radius 2 is 2.07 bits per heavy atom. The third-order valence-corrected chi connectivity index (χ3v) is 2.25. The molecule has 0 unspecified atom stereocenters. The molecule has 15 heavy (non-hydrogen) atoms. The Hall–Kier alpha value is -2.44. The van der Waals surface area contributed by atoms with Gasteiger partial charge in [0.2, 0.25) is 0 Å². The summed E-state index contributed by atoms with van der Waals surface area (Å²) in [4.78, 5) is 11.8. The molecule has 0 aliphatic rings. The molecule has 0 atom stereocenters. The molecule has 0 amide bonds. The minimum absolute atomic E-state index is 0.221. The third-order valence-electron chi connectivity index (χ3n) is 2.25. The van der Waals surface area contributed by atoms with Crippen LogP contribution in [0, 0.1) is 0 Å². The van der Waals surface area contributed by atoms with Crippen molar-refractivity contribution in [2.45, 2.75) is 0 Å². The number of benzene rings is 1.